The Bertz CT molecular complexity index is 1320. The summed E-state index contributed by atoms with van der Waals surface area (Å²) in [4.78, 5) is 6.94. The monoisotopic (exact) mass is 428 g/mol. The Balaban J connectivity index is 1.88. The first kappa shape index (κ1) is 18.8. The molecule has 0 radical (unpaired) electrons. The van der Waals surface area contributed by atoms with Gasteiger partial charge in [0, 0.05) is 44.2 Å². The van der Waals surface area contributed by atoms with Crippen molar-refractivity contribution in [1.82, 2.24) is 34.7 Å². The van der Waals surface area contributed by atoms with E-state index in [4.69, 9.17) is 9.72 Å². The number of aromatic amines is 1. The third kappa shape index (κ3) is 3.04. The van der Waals surface area contributed by atoms with Crippen molar-refractivity contribution in [3.05, 3.63) is 30.6 Å². The molecule has 4 aromatic heterocycles. The molecule has 30 heavy (non-hydrogen) atoms. The molecule has 5 rings (SSSR count). The molecule has 4 aromatic rings. The molecular weight excluding hydrogens is 408 g/mol. The van der Waals surface area contributed by atoms with E-state index in [1.54, 1.807) is 23.1 Å². The predicted molar refractivity (Wildman–Crippen MR) is 109 cm³/mol. The summed E-state index contributed by atoms with van der Waals surface area (Å²) in [6, 6.07) is 5.46. The number of pyridine rings is 1. The molecule has 0 unspecified atom stereocenters. The molecule has 0 saturated carbocycles. The number of rotatable bonds is 4. The van der Waals surface area contributed by atoms with E-state index in [0.717, 1.165) is 17.8 Å². The summed E-state index contributed by atoms with van der Waals surface area (Å²) < 4.78 is 34.0. The number of nitrogens with one attached hydrogen (secondary N) is 1. The number of morpholine rings is 1. The Morgan fingerprint density at radius 2 is 1.97 bits per heavy atom. The third-order valence-corrected chi connectivity index (χ3v) is 6.08. The number of aromatic nitrogens is 7. The predicted octanol–water partition coefficient (Wildman–Crippen LogP) is 0.784. The van der Waals surface area contributed by atoms with Gasteiger partial charge in [-0.3, -0.25) is 9.78 Å². The van der Waals surface area contributed by atoms with Gasteiger partial charge < -0.3 is 9.64 Å². The standard InChI is InChI=1S/C18H20N8O3S/c1-24-13(3-6-20-24)12-11-15(25-7-9-29-10-8-25)21-17-16(12)18(30(2,27)28)23-26(17)14-4-5-19-22-14/h3-6,11H,7-10H2,1-2H3,(H,19,22). The zero-order valence-electron chi connectivity index (χ0n) is 16.5. The van der Waals surface area contributed by atoms with Crippen LogP contribution in [0.5, 0.6) is 0 Å². The largest absolute Gasteiger partial charge is 0.378 e. The number of nitrogens with zero attached hydrogens (tertiary/aromatic N) is 7. The number of hydrogen-bond acceptors (Lipinski definition) is 8. The van der Waals surface area contributed by atoms with Crippen LogP contribution >= 0.6 is 0 Å². The maximum absolute atomic E-state index is 12.6. The highest BCUT2D eigenvalue weighted by Gasteiger charge is 2.27. The Hall–Kier alpha value is -3.25. The zero-order valence-corrected chi connectivity index (χ0v) is 17.3. The lowest BCUT2D eigenvalue weighted by atomic mass is 10.1. The lowest BCUT2D eigenvalue weighted by Gasteiger charge is -2.28. The van der Waals surface area contributed by atoms with Crippen LogP contribution < -0.4 is 4.90 Å². The van der Waals surface area contributed by atoms with Crippen molar-refractivity contribution in [1.29, 1.82) is 0 Å². The van der Waals surface area contributed by atoms with Crippen molar-refractivity contribution in [3.8, 4) is 17.1 Å². The number of sulfone groups is 1. The molecule has 12 heteroatoms. The van der Waals surface area contributed by atoms with Gasteiger partial charge in [-0.2, -0.15) is 20.0 Å². The van der Waals surface area contributed by atoms with E-state index in [0.29, 0.717) is 48.7 Å². The molecule has 1 aliphatic rings. The SMILES string of the molecule is Cn1nccc1-c1cc(N2CCOCC2)nc2c1c(S(C)(=O)=O)nn2-c1ccn[nH]1. The lowest BCUT2D eigenvalue weighted by molar-refractivity contribution is 0.122. The van der Waals surface area contributed by atoms with Gasteiger partial charge in [-0.1, -0.05) is 0 Å². The Morgan fingerprint density at radius 1 is 1.17 bits per heavy atom. The van der Waals surface area contributed by atoms with E-state index in [1.165, 1.54) is 4.68 Å². The second-order valence-corrected chi connectivity index (χ2v) is 9.03. The number of ether oxygens (including phenoxy) is 1. The van der Waals surface area contributed by atoms with E-state index >= 15 is 0 Å². The minimum Gasteiger partial charge on any atom is -0.378 e. The van der Waals surface area contributed by atoms with Gasteiger partial charge in [0.1, 0.15) is 5.82 Å². The number of anilines is 1. The minimum atomic E-state index is -3.63. The molecule has 156 valence electrons. The molecule has 0 bridgehead atoms. The molecule has 0 aliphatic carbocycles. The zero-order chi connectivity index (χ0) is 20.9. The van der Waals surface area contributed by atoms with Gasteiger partial charge in [-0.05, 0) is 12.1 Å². The fourth-order valence-corrected chi connectivity index (χ4v) is 4.46. The van der Waals surface area contributed by atoms with Crippen molar-refractivity contribution in [2.24, 2.45) is 7.05 Å². The number of hydrogen-bond donors (Lipinski definition) is 1. The number of H-pyrrole nitrogens is 1. The summed E-state index contributed by atoms with van der Waals surface area (Å²) in [5, 5.41) is 15.9. The van der Waals surface area contributed by atoms with Gasteiger partial charge >= 0.3 is 0 Å². The molecule has 0 amide bonds. The lowest BCUT2D eigenvalue weighted by Crippen LogP contribution is -2.36. The molecule has 5 heterocycles. The average Bonchev–Trinajstić information content (AvgIpc) is 3.46. The maximum Gasteiger partial charge on any atom is 0.195 e. The fourth-order valence-electron chi connectivity index (χ4n) is 3.66. The first-order chi connectivity index (χ1) is 14.4. The third-order valence-electron chi connectivity index (χ3n) is 5.09. The van der Waals surface area contributed by atoms with Crippen molar-refractivity contribution in [3.63, 3.8) is 0 Å². The molecule has 1 aliphatic heterocycles. The highest BCUT2D eigenvalue weighted by atomic mass is 32.2. The first-order valence-corrected chi connectivity index (χ1v) is 11.3. The first-order valence-electron chi connectivity index (χ1n) is 9.38. The second-order valence-electron chi connectivity index (χ2n) is 7.10. The summed E-state index contributed by atoms with van der Waals surface area (Å²) in [5.74, 6) is 1.25. The fraction of sp³-hybridized carbons (Fsp3) is 0.333. The van der Waals surface area contributed by atoms with Gasteiger partial charge in [0.2, 0.25) is 0 Å². The van der Waals surface area contributed by atoms with E-state index in [1.807, 2.05) is 19.2 Å². The summed E-state index contributed by atoms with van der Waals surface area (Å²) >= 11 is 0. The van der Waals surface area contributed by atoms with Crippen LogP contribution in [0.15, 0.2) is 35.6 Å². The maximum atomic E-state index is 12.6. The van der Waals surface area contributed by atoms with E-state index < -0.39 is 9.84 Å². The number of fused-ring (bicyclic) bond motifs is 1. The number of aryl methyl sites for hydroxylation is 1. The molecule has 1 fully saturated rings. The van der Waals surface area contributed by atoms with Crippen molar-refractivity contribution >= 4 is 26.7 Å². The quantitative estimate of drug-likeness (QED) is 0.506. The van der Waals surface area contributed by atoms with E-state index in [9.17, 15) is 8.42 Å². The van der Waals surface area contributed by atoms with Crippen molar-refractivity contribution < 1.29 is 13.2 Å². The van der Waals surface area contributed by atoms with Crippen LogP contribution in [0.2, 0.25) is 0 Å². The van der Waals surface area contributed by atoms with Crippen LogP contribution in [-0.4, -0.2) is 75.7 Å². The van der Waals surface area contributed by atoms with Crippen LogP contribution in [0, 0.1) is 0 Å². The molecule has 0 atom stereocenters. The molecular formula is C18H20N8O3S. The smallest absolute Gasteiger partial charge is 0.195 e. The van der Waals surface area contributed by atoms with Gasteiger partial charge in [-0.25, -0.2) is 13.4 Å². The van der Waals surface area contributed by atoms with E-state index in [2.05, 4.69) is 25.3 Å². The molecule has 1 N–H and O–H groups in total. The van der Waals surface area contributed by atoms with Gasteiger partial charge in [-0.15, -0.1) is 0 Å². The Morgan fingerprint density at radius 3 is 2.60 bits per heavy atom. The summed E-state index contributed by atoms with van der Waals surface area (Å²) in [5.41, 5.74) is 1.90. The second kappa shape index (κ2) is 6.92. The van der Waals surface area contributed by atoms with Crippen LogP contribution in [0.3, 0.4) is 0 Å². The highest BCUT2D eigenvalue weighted by molar-refractivity contribution is 7.90. The van der Waals surface area contributed by atoms with Crippen molar-refractivity contribution in [2.75, 3.05) is 37.5 Å². The molecule has 1 saturated heterocycles. The van der Waals surface area contributed by atoms with Gasteiger partial charge in [0.05, 0.1) is 30.5 Å². The normalized spacial score (nSPS) is 15.2. The van der Waals surface area contributed by atoms with Gasteiger partial charge in [0.15, 0.2) is 26.3 Å². The Kier molecular flexibility index (Phi) is 4.33. The minimum absolute atomic E-state index is 0.0377. The molecule has 0 spiro atoms. The van der Waals surface area contributed by atoms with Crippen LogP contribution in [0.1, 0.15) is 0 Å². The van der Waals surface area contributed by atoms with Gasteiger partial charge in [0.25, 0.3) is 0 Å². The summed E-state index contributed by atoms with van der Waals surface area (Å²) in [6.07, 6.45) is 4.40. The summed E-state index contributed by atoms with van der Waals surface area (Å²) in [7, 11) is -1.82. The molecule has 0 aromatic carbocycles. The summed E-state index contributed by atoms with van der Waals surface area (Å²) in [6.45, 7) is 2.60. The van der Waals surface area contributed by atoms with Crippen molar-refractivity contribution in [2.45, 2.75) is 5.03 Å². The topological polar surface area (TPSA) is 124 Å². The van der Waals surface area contributed by atoms with E-state index in [-0.39, 0.29) is 5.03 Å². The van der Waals surface area contributed by atoms with Crippen LogP contribution in [0.4, 0.5) is 5.82 Å². The Labute approximate surface area is 172 Å². The average molecular weight is 428 g/mol. The van der Waals surface area contributed by atoms with Crippen LogP contribution in [0.25, 0.3) is 28.1 Å². The molecule has 11 nitrogen and oxygen atoms in total. The van der Waals surface area contributed by atoms with Crippen LogP contribution in [-0.2, 0) is 21.6 Å². The highest BCUT2D eigenvalue weighted by Crippen LogP contribution is 2.36.